The maximum absolute atomic E-state index is 14.2. The van der Waals surface area contributed by atoms with Crippen molar-refractivity contribution >= 4 is 5.78 Å². The Morgan fingerprint density at radius 2 is 1.15 bits per heavy atom. The zero-order valence-electron chi connectivity index (χ0n) is 13.1. The third kappa shape index (κ3) is 3.89. The van der Waals surface area contributed by atoms with E-state index in [1.165, 1.54) is 60.7 Å². The Hall–Kier alpha value is -2.38. The molecule has 0 fully saturated rings. The molecule has 0 saturated heterocycles. The molecule has 0 aliphatic rings. The number of benzene rings is 2. The van der Waals surface area contributed by atoms with Gasteiger partial charge in [0.2, 0.25) is 0 Å². The summed E-state index contributed by atoms with van der Waals surface area (Å²) in [4.78, 5) is 12.6. The summed E-state index contributed by atoms with van der Waals surface area (Å²) in [7, 11) is 0. The predicted molar refractivity (Wildman–Crippen MR) is 80.5 cm³/mol. The van der Waals surface area contributed by atoms with E-state index in [0.717, 1.165) is 0 Å². The van der Waals surface area contributed by atoms with E-state index in [-0.39, 0.29) is 11.1 Å². The molecule has 2 rings (SSSR count). The maximum Gasteiger partial charge on any atom is 0.431 e. The van der Waals surface area contributed by atoms with Crippen LogP contribution < -0.4 is 0 Å². The Labute approximate surface area is 144 Å². The van der Waals surface area contributed by atoms with Crippen LogP contribution in [0.3, 0.4) is 0 Å². The molecule has 0 aliphatic carbocycles. The Kier molecular flexibility index (Phi) is 5.44. The first-order chi connectivity index (χ1) is 12.0. The lowest BCUT2D eigenvalue weighted by Gasteiger charge is -2.32. The largest absolute Gasteiger partial charge is 0.431 e. The van der Waals surface area contributed by atoms with Crippen LogP contribution in [-0.4, -0.2) is 23.8 Å². The van der Waals surface area contributed by atoms with Crippen LogP contribution in [0, 0.1) is 0 Å². The summed E-state index contributed by atoms with van der Waals surface area (Å²) in [6, 6.07) is 13.4. The fraction of sp³-hybridized carbons (Fsp3) is 0.278. The summed E-state index contributed by atoms with van der Waals surface area (Å²) in [6.45, 7) is 0. The van der Waals surface area contributed by atoms with Crippen LogP contribution in [0.25, 0.3) is 0 Å². The van der Waals surface area contributed by atoms with Gasteiger partial charge in [0, 0.05) is 12.0 Å². The van der Waals surface area contributed by atoms with Crippen molar-refractivity contribution in [3.05, 3.63) is 71.8 Å². The molecule has 26 heavy (non-hydrogen) atoms. The summed E-state index contributed by atoms with van der Waals surface area (Å²) in [5.41, 5.74) is -5.74. The lowest BCUT2D eigenvalue weighted by Crippen LogP contribution is -2.54. The van der Waals surface area contributed by atoms with Crippen molar-refractivity contribution in [1.82, 2.24) is 0 Å². The van der Waals surface area contributed by atoms with Crippen molar-refractivity contribution in [1.29, 1.82) is 0 Å². The lowest BCUT2D eigenvalue weighted by atomic mass is 9.81. The molecule has 0 spiro atoms. The monoisotopic (exact) mass is 378 g/mol. The van der Waals surface area contributed by atoms with E-state index in [0.29, 0.717) is 0 Å². The number of hydrogen-bond donors (Lipinski definition) is 0. The van der Waals surface area contributed by atoms with Crippen LogP contribution in [0.5, 0.6) is 0 Å². The van der Waals surface area contributed by atoms with Crippen LogP contribution in [0.15, 0.2) is 60.7 Å². The molecular weight excluding hydrogens is 365 g/mol. The molecule has 0 saturated carbocycles. The van der Waals surface area contributed by atoms with Crippen LogP contribution in [0.2, 0.25) is 0 Å². The highest BCUT2D eigenvalue weighted by molar-refractivity contribution is 6.01. The predicted octanol–water partition coefficient (Wildman–Crippen LogP) is 5.88. The molecule has 0 bridgehead atoms. The van der Waals surface area contributed by atoms with Gasteiger partial charge in [-0.15, -0.1) is 0 Å². The fourth-order valence-corrected chi connectivity index (χ4v) is 2.52. The van der Waals surface area contributed by atoms with Gasteiger partial charge < -0.3 is 0 Å². The summed E-state index contributed by atoms with van der Waals surface area (Å²) in [6.07, 6.45) is -14.5. The molecule has 2 aromatic rings. The number of carbonyl (C=O) groups is 1. The minimum Gasteiger partial charge on any atom is -0.293 e. The Balaban J connectivity index is 2.53. The third-order valence-corrected chi connectivity index (χ3v) is 3.96. The fourth-order valence-electron chi connectivity index (χ4n) is 2.52. The Bertz CT molecular complexity index is 722. The first-order valence-electron chi connectivity index (χ1n) is 7.44. The smallest absolute Gasteiger partial charge is 0.293 e. The highest BCUT2D eigenvalue weighted by Crippen LogP contribution is 2.51. The second kappa shape index (κ2) is 7.09. The van der Waals surface area contributed by atoms with E-state index in [1.807, 2.05) is 0 Å². The van der Waals surface area contributed by atoms with Crippen molar-refractivity contribution in [3.8, 4) is 0 Å². The van der Waals surface area contributed by atoms with Crippen LogP contribution in [0.1, 0.15) is 28.3 Å². The molecular formula is C18H13F7O. The first kappa shape index (κ1) is 19.9. The molecule has 1 unspecified atom stereocenters. The molecule has 140 valence electrons. The molecule has 8 heteroatoms. The molecule has 0 N–H and O–H groups in total. The number of ketones is 1. The number of halogens is 7. The van der Waals surface area contributed by atoms with Gasteiger partial charge in [-0.1, -0.05) is 60.7 Å². The molecule has 1 atom stereocenters. The summed E-state index contributed by atoms with van der Waals surface area (Å²) in [5.74, 6) is -2.97. The molecule has 2 aromatic carbocycles. The lowest BCUT2D eigenvalue weighted by molar-refractivity contribution is -0.343. The van der Waals surface area contributed by atoms with E-state index < -0.39 is 36.1 Å². The second-order valence-electron chi connectivity index (χ2n) is 5.69. The average molecular weight is 378 g/mol. The molecule has 0 aliphatic heterocycles. The normalized spacial score (nSPS) is 14.1. The highest BCUT2D eigenvalue weighted by atomic mass is 19.4. The molecule has 0 amide bonds. The van der Waals surface area contributed by atoms with Gasteiger partial charge in [-0.2, -0.15) is 26.3 Å². The molecule has 1 nitrogen and oxygen atoms in total. The Morgan fingerprint density at radius 3 is 1.58 bits per heavy atom. The van der Waals surface area contributed by atoms with Crippen LogP contribution in [0.4, 0.5) is 30.7 Å². The SMILES string of the molecule is O=C(c1ccccc1)C(CC(F)(C(F)(F)F)C(F)(F)F)c1ccccc1. The van der Waals surface area contributed by atoms with Gasteiger partial charge in [-0.25, -0.2) is 4.39 Å². The van der Waals surface area contributed by atoms with Gasteiger partial charge in [-0.3, -0.25) is 4.79 Å². The molecule has 0 radical (unpaired) electrons. The van der Waals surface area contributed by atoms with Gasteiger partial charge >= 0.3 is 12.4 Å². The van der Waals surface area contributed by atoms with Crippen molar-refractivity contribution in [2.24, 2.45) is 0 Å². The minimum absolute atomic E-state index is 0.104. The number of hydrogen-bond acceptors (Lipinski definition) is 1. The standard InChI is InChI=1S/C18H13F7O/c19-16(17(20,21)22,18(23,24)25)11-14(12-7-3-1-4-8-12)15(26)13-9-5-2-6-10-13/h1-10,14H,11H2. The number of rotatable bonds is 5. The van der Waals surface area contributed by atoms with Crippen molar-refractivity contribution < 1.29 is 35.5 Å². The zero-order chi connectivity index (χ0) is 19.6. The van der Waals surface area contributed by atoms with Crippen LogP contribution in [-0.2, 0) is 0 Å². The summed E-state index contributed by atoms with van der Waals surface area (Å²) in [5, 5.41) is 0. The van der Waals surface area contributed by atoms with Crippen molar-refractivity contribution in [2.45, 2.75) is 30.4 Å². The van der Waals surface area contributed by atoms with E-state index in [4.69, 9.17) is 0 Å². The summed E-state index contributed by atoms with van der Waals surface area (Å²) >= 11 is 0. The van der Waals surface area contributed by atoms with E-state index in [1.54, 1.807) is 0 Å². The quantitative estimate of drug-likeness (QED) is 0.469. The number of Topliss-reactive ketones (excluding diaryl/α,β-unsaturated/α-hetero) is 1. The minimum atomic E-state index is -6.21. The van der Waals surface area contributed by atoms with Crippen LogP contribution >= 0.6 is 0 Å². The van der Waals surface area contributed by atoms with Gasteiger partial charge in [0.1, 0.15) is 0 Å². The Morgan fingerprint density at radius 1 is 0.731 bits per heavy atom. The molecule has 0 heterocycles. The van der Waals surface area contributed by atoms with Gasteiger partial charge in [0.25, 0.3) is 5.67 Å². The number of alkyl halides is 7. The molecule has 0 aromatic heterocycles. The van der Waals surface area contributed by atoms with Crippen molar-refractivity contribution in [3.63, 3.8) is 0 Å². The highest BCUT2D eigenvalue weighted by Gasteiger charge is 2.73. The summed E-state index contributed by atoms with van der Waals surface area (Å²) < 4.78 is 91.8. The number of carbonyl (C=O) groups excluding carboxylic acids is 1. The van der Waals surface area contributed by atoms with Gasteiger partial charge in [0.15, 0.2) is 5.78 Å². The van der Waals surface area contributed by atoms with E-state index in [9.17, 15) is 35.5 Å². The second-order valence-corrected chi connectivity index (χ2v) is 5.69. The zero-order valence-corrected chi connectivity index (χ0v) is 13.1. The van der Waals surface area contributed by atoms with Gasteiger partial charge in [0.05, 0.1) is 5.92 Å². The maximum atomic E-state index is 14.2. The van der Waals surface area contributed by atoms with E-state index >= 15 is 0 Å². The van der Waals surface area contributed by atoms with Crippen molar-refractivity contribution in [2.75, 3.05) is 0 Å². The first-order valence-corrected chi connectivity index (χ1v) is 7.44. The average Bonchev–Trinajstić information content (AvgIpc) is 2.58. The van der Waals surface area contributed by atoms with E-state index in [2.05, 4.69) is 0 Å². The topological polar surface area (TPSA) is 17.1 Å². The third-order valence-electron chi connectivity index (χ3n) is 3.96. The van der Waals surface area contributed by atoms with Gasteiger partial charge in [-0.05, 0) is 5.56 Å².